The zero-order valence-electron chi connectivity index (χ0n) is 7.24. The molecular weight excluding hydrogens is 156 g/mol. The molecule has 0 amide bonds. The molecule has 1 rings (SSSR count). The van der Waals surface area contributed by atoms with Crippen molar-refractivity contribution in [2.45, 2.75) is 26.8 Å². The highest BCUT2D eigenvalue weighted by atomic mass is 16.4. The average molecular weight is 168 g/mol. The maximum absolute atomic E-state index is 10.5. The number of nitrogens with zero attached hydrogens (tertiary/aromatic N) is 2. The monoisotopic (exact) mass is 168 g/mol. The Morgan fingerprint density at radius 1 is 1.67 bits per heavy atom. The van der Waals surface area contributed by atoms with Crippen molar-refractivity contribution in [2.24, 2.45) is 0 Å². The summed E-state index contributed by atoms with van der Waals surface area (Å²) in [6.45, 7) is 4.64. The summed E-state index contributed by atoms with van der Waals surface area (Å²) in [5.74, 6) is -0.961. The number of rotatable bonds is 3. The van der Waals surface area contributed by atoms with Crippen LogP contribution in [0.5, 0.6) is 0 Å². The van der Waals surface area contributed by atoms with Crippen molar-refractivity contribution < 1.29 is 9.90 Å². The Balaban J connectivity index is 3.05. The molecule has 0 radical (unpaired) electrons. The van der Waals surface area contributed by atoms with Crippen molar-refractivity contribution in [3.8, 4) is 0 Å². The molecule has 1 aromatic rings. The lowest BCUT2D eigenvalue weighted by atomic mass is 10.3. The molecular formula is C8H12N2O2. The molecule has 12 heavy (non-hydrogen) atoms. The topological polar surface area (TPSA) is 55.1 Å². The third kappa shape index (κ3) is 1.47. The molecule has 0 aliphatic heterocycles. The van der Waals surface area contributed by atoms with E-state index in [2.05, 4.69) is 5.10 Å². The van der Waals surface area contributed by atoms with E-state index in [1.807, 2.05) is 13.8 Å². The molecule has 0 saturated carbocycles. The molecule has 0 fully saturated rings. The van der Waals surface area contributed by atoms with Crippen LogP contribution >= 0.6 is 0 Å². The van der Waals surface area contributed by atoms with Crippen molar-refractivity contribution in [1.29, 1.82) is 0 Å². The van der Waals surface area contributed by atoms with E-state index in [0.29, 0.717) is 0 Å². The first-order valence-electron chi connectivity index (χ1n) is 3.99. The van der Waals surface area contributed by atoms with Gasteiger partial charge in [-0.15, -0.1) is 0 Å². The number of hydrogen-bond donors (Lipinski definition) is 1. The lowest BCUT2D eigenvalue weighted by Crippen LogP contribution is -2.03. The molecule has 0 aliphatic carbocycles. The van der Waals surface area contributed by atoms with Crippen LogP contribution in [0.2, 0.25) is 0 Å². The minimum atomic E-state index is -0.961. The second-order valence-corrected chi connectivity index (χ2v) is 2.50. The van der Waals surface area contributed by atoms with Gasteiger partial charge in [0.15, 0.2) is 5.69 Å². The van der Waals surface area contributed by atoms with Gasteiger partial charge in [0.2, 0.25) is 0 Å². The summed E-state index contributed by atoms with van der Waals surface area (Å²) in [5.41, 5.74) is 1.10. The number of carboxylic acid groups (broad SMARTS) is 1. The van der Waals surface area contributed by atoms with Crippen LogP contribution in [-0.2, 0) is 13.0 Å². The molecule has 0 spiro atoms. The molecule has 1 aromatic heterocycles. The van der Waals surface area contributed by atoms with Gasteiger partial charge in [0.05, 0.1) is 0 Å². The zero-order chi connectivity index (χ0) is 9.14. The van der Waals surface area contributed by atoms with E-state index in [1.165, 1.54) is 0 Å². The molecule has 0 atom stereocenters. The van der Waals surface area contributed by atoms with Gasteiger partial charge in [-0.1, -0.05) is 6.92 Å². The largest absolute Gasteiger partial charge is 0.476 e. The molecule has 0 saturated heterocycles. The Kier molecular flexibility index (Phi) is 2.47. The first-order chi connectivity index (χ1) is 5.69. The van der Waals surface area contributed by atoms with E-state index in [0.717, 1.165) is 18.7 Å². The quantitative estimate of drug-likeness (QED) is 0.736. The van der Waals surface area contributed by atoms with Gasteiger partial charge in [-0.3, -0.25) is 4.68 Å². The third-order valence-corrected chi connectivity index (χ3v) is 1.74. The summed E-state index contributed by atoms with van der Waals surface area (Å²) in [7, 11) is 0. The van der Waals surface area contributed by atoms with Gasteiger partial charge in [0.1, 0.15) is 0 Å². The van der Waals surface area contributed by atoms with Crippen LogP contribution in [0.4, 0.5) is 0 Å². The molecule has 1 heterocycles. The van der Waals surface area contributed by atoms with Gasteiger partial charge in [-0.2, -0.15) is 5.10 Å². The van der Waals surface area contributed by atoms with Gasteiger partial charge in [0, 0.05) is 12.2 Å². The van der Waals surface area contributed by atoms with E-state index < -0.39 is 5.97 Å². The van der Waals surface area contributed by atoms with Gasteiger partial charge < -0.3 is 5.11 Å². The maximum atomic E-state index is 10.5. The fourth-order valence-corrected chi connectivity index (χ4v) is 1.12. The van der Waals surface area contributed by atoms with Crippen molar-refractivity contribution in [2.75, 3.05) is 0 Å². The minimum Gasteiger partial charge on any atom is -0.476 e. The second kappa shape index (κ2) is 3.38. The smallest absolute Gasteiger partial charge is 0.356 e. The molecule has 0 bridgehead atoms. The molecule has 1 N–H and O–H groups in total. The Morgan fingerprint density at radius 2 is 2.33 bits per heavy atom. The first kappa shape index (κ1) is 8.77. The van der Waals surface area contributed by atoms with E-state index in [-0.39, 0.29) is 5.69 Å². The van der Waals surface area contributed by atoms with Crippen LogP contribution in [0.1, 0.15) is 30.0 Å². The lowest BCUT2D eigenvalue weighted by molar-refractivity contribution is 0.0689. The fourth-order valence-electron chi connectivity index (χ4n) is 1.12. The van der Waals surface area contributed by atoms with E-state index >= 15 is 0 Å². The summed E-state index contributed by atoms with van der Waals surface area (Å²) < 4.78 is 1.71. The minimum absolute atomic E-state index is 0.133. The van der Waals surface area contributed by atoms with Crippen molar-refractivity contribution in [3.63, 3.8) is 0 Å². The highest BCUT2D eigenvalue weighted by Gasteiger charge is 2.10. The predicted octanol–water partition coefficient (Wildman–Crippen LogP) is 1.16. The van der Waals surface area contributed by atoms with E-state index in [9.17, 15) is 4.79 Å². The average Bonchev–Trinajstić information content (AvgIpc) is 2.46. The lowest BCUT2D eigenvalue weighted by Gasteiger charge is -1.98. The normalized spacial score (nSPS) is 10.2. The van der Waals surface area contributed by atoms with Crippen LogP contribution < -0.4 is 0 Å². The van der Waals surface area contributed by atoms with Crippen molar-refractivity contribution in [3.05, 3.63) is 17.5 Å². The fraction of sp³-hybridized carbons (Fsp3) is 0.500. The number of hydrogen-bond acceptors (Lipinski definition) is 2. The van der Waals surface area contributed by atoms with E-state index in [1.54, 1.807) is 10.7 Å². The molecule has 0 aliphatic rings. The van der Waals surface area contributed by atoms with E-state index in [4.69, 9.17) is 5.11 Å². The Morgan fingerprint density at radius 3 is 2.67 bits per heavy atom. The standard InChI is InChI=1S/C8H12N2O2/c1-3-6-5-7(8(11)12)9-10(6)4-2/h5H,3-4H2,1-2H3,(H,11,12). The van der Waals surface area contributed by atoms with Crippen LogP contribution in [0.15, 0.2) is 6.07 Å². The van der Waals surface area contributed by atoms with Crippen LogP contribution in [0, 0.1) is 0 Å². The number of carboxylic acids is 1. The summed E-state index contributed by atoms with van der Waals surface area (Å²) in [6, 6.07) is 1.62. The molecule has 66 valence electrons. The van der Waals surface area contributed by atoms with Gasteiger partial charge >= 0.3 is 5.97 Å². The first-order valence-corrected chi connectivity index (χ1v) is 3.99. The van der Waals surface area contributed by atoms with Crippen LogP contribution in [-0.4, -0.2) is 20.9 Å². The zero-order valence-corrected chi connectivity index (χ0v) is 7.24. The number of aromatic nitrogens is 2. The number of aromatic carboxylic acids is 1. The third-order valence-electron chi connectivity index (χ3n) is 1.74. The van der Waals surface area contributed by atoms with Crippen LogP contribution in [0.25, 0.3) is 0 Å². The Hall–Kier alpha value is -1.32. The van der Waals surface area contributed by atoms with Gasteiger partial charge in [0.25, 0.3) is 0 Å². The highest BCUT2D eigenvalue weighted by molar-refractivity contribution is 5.85. The Labute approximate surface area is 70.8 Å². The second-order valence-electron chi connectivity index (χ2n) is 2.50. The highest BCUT2D eigenvalue weighted by Crippen LogP contribution is 2.04. The molecule has 0 aromatic carbocycles. The van der Waals surface area contributed by atoms with Crippen molar-refractivity contribution >= 4 is 5.97 Å². The predicted molar refractivity (Wildman–Crippen MR) is 44.2 cm³/mol. The molecule has 4 heteroatoms. The summed E-state index contributed by atoms with van der Waals surface area (Å²) in [5, 5.41) is 12.6. The summed E-state index contributed by atoms with van der Waals surface area (Å²) in [6.07, 6.45) is 0.814. The number of aryl methyl sites for hydroxylation is 2. The van der Waals surface area contributed by atoms with Gasteiger partial charge in [-0.05, 0) is 19.4 Å². The summed E-state index contributed by atoms with van der Waals surface area (Å²) in [4.78, 5) is 10.5. The molecule has 4 nitrogen and oxygen atoms in total. The van der Waals surface area contributed by atoms with Gasteiger partial charge in [-0.25, -0.2) is 4.79 Å². The van der Waals surface area contributed by atoms with Crippen LogP contribution in [0.3, 0.4) is 0 Å². The SMILES string of the molecule is CCc1cc(C(=O)O)nn1CC. The maximum Gasteiger partial charge on any atom is 0.356 e. The number of carbonyl (C=O) groups is 1. The molecule has 0 unspecified atom stereocenters. The Bertz CT molecular complexity index is 270. The summed E-state index contributed by atoms with van der Waals surface area (Å²) >= 11 is 0. The van der Waals surface area contributed by atoms with Crippen molar-refractivity contribution in [1.82, 2.24) is 9.78 Å².